The van der Waals surface area contributed by atoms with Gasteiger partial charge in [0.2, 0.25) is 0 Å². The summed E-state index contributed by atoms with van der Waals surface area (Å²) in [6.07, 6.45) is 0. The molecule has 3 nitrogen and oxygen atoms in total. The van der Waals surface area contributed by atoms with Crippen molar-refractivity contribution in [2.75, 3.05) is 6.61 Å². The summed E-state index contributed by atoms with van der Waals surface area (Å²) in [6, 6.07) is 10.8. The number of benzene rings is 2. The molecule has 0 aromatic heterocycles. The first-order valence-electron chi connectivity index (χ1n) is 5.97. The molecule has 0 amide bonds. The average Bonchev–Trinajstić information content (AvgIpc) is 2.45. The average molecular weight is 305 g/mol. The number of halogens is 2. The zero-order valence-corrected chi connectivity index (χ0v) is 11.5. The van der Waals surface area contributed by atoms with Crippen molar-refractivity contribution < 1.29 is 19.0 Å². The van der Waals surface area contributed by atoms with Crippen LogP contribution in [0.15, 0.2) is 42.5 Å². The second-order valence-electron chi connectivity index (χ2n) is 4.05. The van der Waals surface area contributed by atoms with Crippen molar-refractivity contribution in [3.63, 3.8) is 0 Å². The van der Waals surface area contributed by atoms with Crippen molar-refractivity contribution in [1.29, 1.82) is 0 Å². The van der Waals surface area contributed by atoms with Crippen LogP contribution in [0.2, 0.25) is 5.02 Å². The quantitative estimate of drug-likeness (QED) is 0.885. The lowest BCUT2D eigenvalue weighted by atomic mass is 10.1. The van der Waals surface area contributed by atoms with Crippen molar-refractivity contribution in [1.82, 2.24) is 0 Å². The molecule has 2 aromatic carbocycles. The minimum Gasteiger partial charge on any atom is -0.480 e. The molecule has 106 valence electrons. The predicted molar refractivity (Wildman–Crippen MR) is 77.0 cm³/mol. The summed E-state index contributed by atoms with van der Waals surface area (Å²) in [5.74, 6) is 4.05. The van der Waals surface area contributed by atoms with E-state index in [1.54, 1.807) is 24.3 Å². The number of aliphatic carboxylic acids is 1. The maximum absolute atomic E-state index is 13.2. The summed E-state index contributed by atoms with van der Waals surface area (Å²) >= 11 is 5.99. The van der Waals surface area contributed by atoms with E-state index in [1.165, 1.54) is 12.1 Å². The van der Waals surface area contributed by atoms with E-state index in [4.69, 9.17) is 21.4 Å². The summed E-state index contributed by atoms with van der Waals surface area (Å²) in [5.41, 5.74) is 1.00. The Balaban J connectivity index is 2.32. The fourth-order valence-electron chi connectivity index (χ4n) is 1.56. The molecular weight excluding hydrogens is 295 g/mol. The molecule has 0 aliphatic carbocycles. The van der Waals surface area contributed by atoms with Gasteiger partial charge in [-0.25, -0.2) is 9.18 Å². The minimum atomic E-state index is -1.15. The van der Waals surface area contributed by atoms with Crippen LogP contribution >= 0.6 is 11.6 Å². The predicted octanol–water partition coefficient (Wildman–Crippen LogP) is 3.34. The normalized spacial score (nSPS) is 9.62. The Morgan fingerprint density at radius 3 is 2.62 bits per heavy atom. The highest BCUT2D eigenvalue weighted by Crippen LogP contribution is 2.20. The van der Waals surface area contributed by atoms with E-state index < -0.39 is 18.4 Å². The van der Waals surface area contributed by atoms with Crippen molar-refractivity contribution >= 4 is 17.6 Å². The largest absolute Gasteiger partial charge is 0.480 e. The highest BCUT2D eigenvalue weighted by Gasteiger charge is 2.06. The van der Waals surface area contributed by atoms with Crippen LogP contribution in [0, 0.1) is 17.7 Å². The number of hydrogen-bond donors (Lipinski definition) is 1. The molecule has 0 unspecified atom stereocenters. The summed E-state index contributed by atoms with van der Waals surface area (Å²) in [4.78, 5) is 10.5. The molecule has 0 aliphatic heterocycles. The highest BCUT2D eigenvalue weighted by atomic mass is 35.5. The van der Waals surface area contributed by atoms with Gasteiger partial charge in [-0.3, -0.25) is 0 Å². The van der Waals surface area contributed by atoms with Crippen molar-refractivity contribution in [3.05, 3.63) is 64.4 Å². The van der Waals surface area contributed by atoms with Gasteiger partial charge in [-0.05, 0) is 24.3 Å². The Kier molecular flexibility index (Phi) is 4.81. The smallest absolute Gasteiger partial charge is 0.341 e. The highest BCUT2D eigenvalue weighted by molar-refractivity contribution is 6.31. The molecule has 2 aromatic rings. The maximum atomic E-state index is 13.2. The molecule has 0 heterocycles. The van der Waals surface area contributed by atoms with Gasteiger partial charge in [0.05, 0.1) is 10.6 Å². The Morgan fingerprint density at radius 1 is 1.19 bits per heavy atom. The third-order valence-corrected chi connectivity index (χ3v) is 2.83. The van der Waals surface area contributed by atoms with Gasteiger partial charge in [0.15, 0.2) is 6.61 Å². The van der Waals surface area contributed by atoms with Crippen LogP contribution in [0.4, 0.5) is 4.39 Å². The molecule has 5 heteroatoms. The molecule has 0 aliphatic rings. The first kappa shape index (κ1) is 14.9. The van der Waals surface area contributed by atoms with Crippen LogP contribution in [-0.2, 0) is 4.79 Å². The second kappa shape index (κ2) is 6.78. The van der Waals surface area contributed by atoms with Gasteiger partial charge < -0.3 is 9.84 Å². The Morgan fingerprint density at radius 2 is 1.90 bits per heavy atom. The van der Waals surface area contributed by atoms with E-state index in [-0.39, 0.29) is 5.75 Å². The third kappa shape index (κ3) is 4.23. The first-order chi connectivity index (χ1) is 10.1. The van der Waals surface area contributed by atoms with E-state index in [0.29, 0.717) is 16.1 Å². The van der Waals surface area contributed by atoms with Crippen molar-refractivity contribution in [3.8, 4) is 17.6 Å². The van der Waals surface area contributed by atoms with Crippen LogP contribution in [-0.4, -0.2) is 17.7 Å². The van der Waals surface area contributed by atoms with Crippen LogP contribution in [0.5, 0.6) is 5.75 Å². The molecule has 1 N–H and O–H groups in total. The topological polar surface area (TPSA) is 46.5 Å². The van der Waals surface area contributed by atoms with Crippen molar-refractivity contribution in [2.45, 2.75) is 0 Å². The fraction of sp³-hybridized carbons (Fsp3) is 0.0625. The maximum Gasteiger partial charge on any atom is 0.341 e. The summed E-state index contributed by atoms with van der Waals surface area (Å²) in [6.45, 7) is -0.565. The molecule has 0 radical (unpaired) electrons. The SMILES string of the molecule is O=C(O)COc1cc(F)ccc1C#Cc1ccccc1Cl. The van der Waals surface area contributed by atoms with Crippen LogP contribution < -0.4 is 4.74 Å². The van der Waals surface area contributed by atoms with E-state index >= 15 is 0 Å². The lowest BCUT2D eigenvalue weighted by Gasteiger charge is -2.05. The summed E-state index contributed by atoms with van der Waals surface area (Å²) < 4.78 is 18.2. The molecule has 21 heavy (non-hydrogen) atoms. The van der Waals surface area contributed by atoms with E-state index in [0.717, 1.165) is 6.07 Å². The molecular formula is C16H10ClFO3. The first-order valence-corrected chi connectivity index (χ1v) is 6.35. The molecule has 0 saturated carbocycles. The van der Waals surface area contributed by atoms with E-state index in [9.17, 15) is 9.18 Å². The van der Waals surface area contributed by atoms with Crippen LogP contribution in [0.3, 0.4) is 0 Å². The lowest BCUT2D eigenvalue weighted by Crippen LogP contribution is -2.10. The minimum absolute atomic E-state index is 0.0805. The van der Waals surface area contributed by atoms with Gasteiger partial charge in [-0.1, -0.05) is 35.6 Å². The molecule has 0 saturated heterocycles. The van der Waals surface area contributed by atoms with E-state index in [1.807, 2.05) is 0 Å². The number of ether oxygens (including phenoxy) is 1. The zero-order chi connectivity index (χ0) is 15.2. The van der Waals surface area contributed by atoms with Gasteiger partial charge >= 0.3 is 5.97 Å². The molecule has 2 rings (SSSR count). The second-order valence-corrected chi connectivity index (χ2v) is 4.46. The molecule has 0 bridgehead atoms. The standard InChI is InChI=1S/C16H10ClFO3/c17-14-4-2-1-3-11(14)5-6-12-7-8-13(18)9-15(12)21-10-16(19)20/h1-4,7-9H,10H2,(H,19,20). The third-order valence-electron chi connectivity index (χ3n) is 2.50. The lowest BCUT2D eigenvalue weighted by molar-refractivity contribution is -0.139. The van der Waals surface area contributed by atoms with Gasteiger partial charge in [0, 0.05) is 11.6 Å². The van der Waals surface area contributed by atoms with Gasteiger partial charge in [0.25, 0.3) is 0 Å². The van der Waals surface area contributed by atoms with Crippen molar-refractivity contribution in [2.24, 2.45) is 0 Å². The molecule has 0 spiro atoms. The number of rotatable bonds is 3. The molecule has 0 fully saturated rings. The van der Waals surface area contributed by atoms with Crippen LogP contribution in [0.25, 0.3) is 0 Å². The van der Waals surface area contributed by atoms with Crippen LogP contribution in [0.1, 0.15) is 11.1 Å². The number of carboxylic acid groups (broad SMARTS) is 1. The fourth-order valence-corrected chi connectivity index (χ4v) is 1.74. The number of hydrogen-bond acceptors (Lipinski definition) is 2. The zero-order valence-electron chi connectivity index (χ0n) is 10.8. The summed E-state index contributed by atoms with van der Waals surface area (Å²) in [7, 11) is 0. The number of carbonyl (C=O) groups is 1. The molecule has 0 atom stereocenters. The van der Waals surface area contributed by atoms with Gasteiger partial charge in [0.1, 0.15) is 11.6 Å². The Hall–Kier alpha value is -2.51. The van der Waals surface area contributed by atoms with Gasteiger partial charge in [-0.2, -0.15) is 0 Å². The van der Waals surface area contributed by atoms with E-state index in [2.05, 4.69) is 11.8 Å². The monoisotopic (exact) mass is 304 g/mol. The Labute approximate surface area is 125 Å². The number of carboxylic acids is 1. The Bertz CT molecular complexity index is 732. The van der Waals surface area contributed by atoms with Gasteiger partial charge in [-0.15, -0.1) is 0 Å². The summed E-state index contributed by atoms with van der Waals surface area (Å²) in [5, 5.41) is 9.11.